The molecule has 0 aliphatic heterocycles. The second-order valence-electron chi connectivity index (χ2n) is 2.72. The van der Waals surface area contributed by atoms with Crippen LogP contribution in [0.4, 0.5) is 0 Å². The van der Waals surface area contributed by atoms with Gasteiger partial charge in [0.05, 0.1) is 7.11 Å². The van der Waals surface area contributed by atoms with Gasteiger partial charge in [0.25, 0.3) is 0 Å². The molecule has 0 spiro atoms. The Morgan fingerprint density at radius 1 is 1.20 bits per heavy atom. The van der Waals surface area contributed by atoms with Crippen LogP contribution in [-0.2, 0) is 0 Å². The van der Waals surface area contributed by atoms with Crippen LogP contribution in [0.3, 0.4) is 0 Å². The molecular formula is C11H8N2OS. The maximum absolute atomic E-state index is 4.90. The van der Waals surface area contributed by atoms with E-state index < -0.39 is 0 Å². The summed E-state index contributed by atoms with van der Waals surface area (Å²) in [6, 6.07) is 5.49. The Labute approximate surface area is 91.7 Å². The lowest BCUT2D eigenvalue weighted by Gasteiger charge is -1.94. The molecule has 2 aromatic rings. The van der Waals surface area contributed by atoms with Crippen LogP contribution in [0.1, 0.15) is 11.3 Å². The Morgan fingerprint density at radius 3 is 2.73 bits per heavy atom. The number of hydrogen-bond acceptors (Lipinski definition) is 4. The third-order valence-corrected chi connectivity index (χ3v) is 2.39. The molecule has 4 heteroatoms. The van der Waals surface area contributed by atoms with Gasteiger partial charge in [0.2, 0.25) is 5.88 Å². The van der Waals surface area contributed by atoms with Crippen LogP contribution in [0, 0.1) is 11.8 Å². The SMILES string of the molecule is COc1ccc(C#Cc2ccsc2)nn1. The van der Waals surface area contributed by atoms with E-state index in [0.29, 0.717) is 11.6 Å². The van der Waals surface area contributed by atoms with Gasteiger partial charge in [-0.2, -0.15) is 11.3 Å². The molecule has 0 aromatic carbocycles. The van der Waals surface area contributed by atoms with Gasteiger partial charge in [0.15, 0.2) is 0 Å². The Morgan fingerprint density at radius 2 is 2.13 bits per heavy atom. The van der Waals surface area contributed by atoms with Crippen molar-refractivity contribution in [3.05, 3.63) is 40.2 Å². The first-order valence-electron chi connectivity index (χ1n) is 4.30. The Bertz CT molecular complexity index is 480. The number of rotatable bonds is 1. The molecule has 0 radical (unpaired) electrons. The van der Waals surface area contributed by atoms with Gasteiger partial charge < -0.3 is 4.74 Å². The molecule has 2 heterocycles. The van der Waals surface area contributed by atoms with Crippen molar-refractivity contribution < 1.29 is 4.74 Å². The van der Waals surface area contributed by atoms with E-state index in [2.05, 4.69) is 22.0 Å². The summed E-state index contributed by atoms with van der Waals surface area (Å²) in [5.41, 5.74) is 1.64. The van der Waals surface area contributed by atoms with Crippen molar-refractivity contribution in [2.45, 2.75) is 0 Å². The van der Waals surface area contributed by atoms with Crippen molar-refractivity contribution in [3.63, 3.8) is 0 Å². The molecule has 0 saturated carbocycles. The molecule has 0 aliphatic carbocycles. The molecule has 0 amide bonds. The summed E-state index contributed by atoms with van der Waals surface area (Å²) >= 11 is 1.62. The van der Waals surface area contributed by atoms with Crippen LogP contribution >= 0.6 is 11.3 Å². The summed E-state index contributed by atoms with van der Waals surface area (Å²) in [6.45, 7) is 0. The number of hydrogen-bond donors (Lipinski definition) is 0. The maximum atomic E-state index is 4.90. The van der Waals surface area contributed by atoms with Crippen molar-refractivity contribution in [3.8, 4) is 17.7 Å². The molecule has 0 unspecified atom stereocenters. The minimum atomic E-state index is 0.496. The third kappa shape index (κ3) is 2.55. The second kappa shape index (κ2) is 4.58. The van der Waals surface area contributed by atoms with Gasteiger partial charge in [0, 0.05) is 17.0 Å². The molecule has 74 valence electrons. The van der Waals surface area contributed by atoms with Crippen molar-refractivity contribution >= 4 is 11.3 Å². The first kappa shape index (κ1) is 9.69. The number of nitrogens with zero attached hydrogens (tertiary/aromatic N) is 2. The van der Waals surface area contributed by atoms with Gasteiger partial charge in [-0.1, -0.05) is 5.92 Å². The van der Waals surface area contributed by atoms with E-state index in [-0.39, 0.29) is 0 Å². The zero-order valence-corrected chi connectivity index (χ0v) is 8.91. The minimum absolute atomic E-state index is 0.496. The highest BCUT2D eigenvalue weighted by molar-refractivity contribution is 7.08. The summed E-state index contributed by atoms with van der Waals surface area (Å²) in [5.74, 6) is 6.42. The maximum Gasteiger partial charge on any atom is 0.233 e. The molecule has 15 heavy (non-hydrogen) atoms. The van der Waals surface area contributed by atoms with Gasteiger partial charge in [-0.25, -0.2) is 0 Å². The van der Waals surface area contributed by atoms with E-state index >= 15 is 0 Å². The molecule has 0 saturated heterocycles. The summed E-state index contributed by atoms with van der Waals surface area (Å²) < 4.78 is 4.90. The summed E-state index contributed by atoms with van der Waals surface area (Å²) in [7, 11) is 1.56. The Kier molecular flexibility index (Phi) is 2.96. The topological polar surface area (TPSA) is 35.0 Å². The fourth-order valence-corrected chi connectivity index (χ4v) is 1.56. The molecular weight excluding hydrogens is 208 g/mol. The molecule has 0 fully saturated rings. The van der Waals surface area contributed by atoms with Crippen molar-refractivity contribution in [1.29, 1.82) is 0 Å². The van der Waals surface area contributed by atoms with Crippen molar-refractivity contribution in [2.24, 2.45) is 0 Å². The average Bonchev–Trinajstić information content (AvgIpc) is 2.80. The summed E-state index contributed by atoms with van der Waals surface area (Å²) in [5, 5.41) is 11.7. The fraction of sp³-hybridized carbons (Fsp3) is 0.0909. The largest absolute Gasteiger partial charge is 0.480 e. The van der Waals surface area contributed by atoms with Gasteiger partial charge in [-0.3, -0.25) is 0 Å². The first-order chi connectivity index (χ1) is 7.38. The van der Waals surface area contributed by atoms with E-state index in [1.807, 2.05) is 16.8 Å². The minimum Gasteiger partial charge on any atom is -0.480 e. The van der Waals surface area contributed by atoms with E-state index in [9.17, 15) is 0 Å². The Balaban J connectivity index is 2.17. The molecule has 2 rings (SSSR count). The van der Waals surface area contributed by atoms with Gasteiger partial charge in [0.1, 0.15) is 5.69 Å². The van der Waals surface area contributed by atoms with Crippen LogP contribution in [0.15, 0.2) is 29.0 Å². The van der Waals surface area contributed by atoms with Crippen LogP contribution < -0.4 is 4.74 Å². The quantitative estimate of drug-likeness (QED) is 0.683. The lowest BCUT2D eigenvalue weighted by Crippen LogP contribution is -1.91. The van der Waals surface area contributed by atoms with Crippen LogP contribution in [0.5, 0.6) is 5.88 Å². The second-order valence-corrected chi connectivity index (χ2v) is 3.50. The molecule has 3 nitrogen and oxygen atoms in total. The smallest absolute Gasteiger partial charge is 0.233 e. The monoisotopic (exact) mass is 216 g/mol. The first-order valence-corrected chi connectivity index (χ1v) is 5.25. The van der Waals surface area contributed by atoms with Gasteiger partial charge >= 0.3 is 0 Å². The van der Waals surface area contributed by atoms with Crippen LogP contribution in [0.2, 0.25) is 0 Å². The molecule has 0 bridgehead atoms. The fourth-order valence-electron chi connectivity index (χ4n) is 0.967. The predicted molar refractivity (Wildman–Crippen MR) is 58.9 cm³/mol. The van der Waals surface area contributed by atoms with Gasteiger partial charge in [-0.15, -0.1) is 10.2 Å². The number of methoxy groups -OCH3 is 1. The van der Waals surface area contributed by atoms with Crippen molar-refractivity contribution in [1.82, 2.24) is 10.2 Å². The number of thiophene rings is 1. The molecule has 0 atom stereocenters. The van der Waals surface area contributed by atoms with Crippen LogP contribution in [-0.4, -0.2) is 17.3 Å². The van der Waals surface area contributed by atoms with E-state index in [4.69, 9.17) is 4.74 Å². The zero-order valence-electron chi connectivity index (χ0n) is 8.10. The van der Waals surface area contributed by atoms with E-state index in [0.717, 1.165) is 5.56 Å². The number of ether oxygens (including phenoxy) is 1. The zero-order chi connectivity index (χ0) is 10.5. The highest BCUT2D eigenvalue weighted by atomic mass is 32.1. The predicted octanol–water partition coefficient (Wildman–Crippen LogP) is 1.95. The van der Waals surface area contributed by atoms with Gasteiger partial charge in [-0.05, 0) is 23.4 Å². The van der Waals surface area contributed by atoms with Crippen LogP contribution in [0.25, 0.3) is 0 Å². The Hall–Kier alpha value is -1.86. The standard InChI is InChI=1S/C11H8N2OS/c1-14-11-5-4-10(12-13-11)3-2-9-6-7-15-8-9/h4-8H,1H3. The average molecular weight is 216 g/mol. The highest BCUT2D eigenvalue weighted by Crippen LogP contribution is 2.05. The van der Waals surface area contributed by atoms with E-state index in [1.165, 1.54) is 0 Å². The normalized spacial score (nSPS) is 9.13. The molecule has 0 N–H and O–H groups in total. The number of aromatic nitrogens is 2. The summed E-state index contributed by atoms with van der Waals surface area (Å²) in [6.07, 6.45) is 0. The molecule has 0 aliphatic rings. The van der Waals surface area contributed by atoms with E-state index in [1.54, 1.807) is 30.6 Å². The highest BCUT2D eigenvalue weighted by Gasteiger charge is 1.93. The lowest BCUT2D eigenvalue weighted by atomic mass is 10.3. The summed E-state index contributed by atoms with van der Waals surface area (Å²) in [4.78, 5) is 0. The molecule has 2 aromatic heterocycles. The lowest BCUT2D eigenvalue weighted by molar-refractivity contribution is 0.391. The third-order valence-electron chi connectivity index (χ3n) is 1.71. The van der Waals surface area contributed by atoms with Crippen molar-refractivity contribution in [2.75, 3.05) is 7.11 Å².